The highest BCUT2D eigenvalue weighted by Gasteiger charge is 2.20. The van der Waals surface area contributed by atoms with Gasteiger partial charge in [0.15, 0.2) is 0 Å². The average Bonchev–Trinajstić information content (AvgIpc) is 2.89. The fourth-order valence-electron chi connectivity index (χ4n) is 4.19. The van der Waals surface area contributed by atoms with E-state index in [-0.39, 0.29) is 17.8 Å². The van der Waals surface area contributed by atoms with Crippen molar-refractivity contribution in [2.45, 2.75) is 12.5 Å². The third-order valence-corrected chi connectivity index (χ3v) is 5.90. The summed E-state index contributed by atoms with van der Waals surface area (Å²) in [5.41, 5.74) is 4.06. The van der Waals surface area contributed by atoms with Gasteiger partial charge in [-0.25, -0.2) is 9.37 Å². The molecule has 3 nitrogen and oxygen atoms in total. The van der Waals surface area contributed by atoms with Crippen LogP contribution in [0.15, 0.2) is 115 Å². The fourth-order valence-corrected chi connectivity index (χ4v) is 4.19. The van der Waals surface area contributed by atoms with E-state index in [9.17, 15) is 9.18 Å². The molecule has 4 heteroatoms. The summed E-state index contributed by atoms with van der Waals surface area (Å²) in [5, 5.41) is 3.95. The molecule has 0 radical (unpaired) electrons. The van der Waals surface area contributed by atoms with Gasteiger partial charge in [0, 0.05) is 10.9 Å². The van der Waals surface area contributed by atoms with Crippen molar-refractivity contribution in [3.63, 3.8) is 0 Å². The van der Waals surface area contributed by atoms with E-state index in [4.69, 9.17) is 0 Å². The quantitative estimate of drug-likeness (QED) is 0.313. The molecule has 1 unspecified atom stereocenters. The summed E-state index contributed by atoms with van der Waals surface area (Å²) in [6.45, 7) is 0. The predicted octanol–water partition coefficient (Wildman–Crippen LogP) is 6.75. The Morgan fingerprint density at radius 1 is 0.794 bits per heavy atom. The summed E-state index contributed by atoms with van der Waals surface area (Å²) in [6, 6.07) is 35.4. The zero-order valence-electron chi connectivity index (χ0n) is 18.5. The van der Waals surface area contributed by atoms with Crippen molar-refractivity contribution in [1.29, 1.82) is 0 Å². The molecule has 0 bridgehead atoms. The molecule has 0 aliphatic carbocycles. The summed E-state index contributed by atoms with van der Waals surface area (Å²) in [4.78, 5) is 18.3. The van der Waals surface area contributed by atoms with Gasteiger partial charge in [0.05, 0.1) is 22.8 Å². The number of para-hydroxylation sites is 1. The van der Waals surface area contributed by atoms with E-state index in [2.05, 4.69) is 22.4 Å². The van der Waals surface area contributed by atoms with Gasteiger partial charge in [0.25, 0.3) is 5.91 Å². The molecule has 4 aromatic carbocycles. The highest BCUT2D eigenvalue weighted by molar-refractivity contribution is 6.07. The van der Waals surface area contributed by atoms with Crippen LogP contribution < -0.4 is 5.32 Å². The Labute approximate surface area is 197 Å². The van der Waals surface area contributed by atoms with Gasteiger partial charge in [0.1, 0.15) is 5.82 Å². The summed E-state index contributed by atoms with van der Waals surface area (Å²) in [6.07, 6.45) is 0.653. The number of carbonyl (C=O) groups is 1. The zero-order valence-corrected chi connectivity index (χ0v) is 18.5. The lowest BCUT2D eigenvalue weighted by Crippen LogP contribution is -2.30. The van der Waals surface area contributed by atoms with Crippen LogP contribution in [0.1, 0.15) is 27.5 Å². The molecule has 1 aromatic heterocycles. The topological polar surface area (TPSA) is 42.0 Å². The van der Waals surface area contributed by atoms with Crippen molar-refractivity contribution < 1.29 is 9.18 Å². The van der Waals surface area contributed by atoms with Gasteiger partial charge in [-0.05, 0) is 41.8 Å². The van der Waals surface area contributed by atoms with Gasteiger partial charge in [-0.15, -0.1) is 0 Å². The molecule has 0 aliphatic heterocycles. The first-order valence-electron chi connectivity index (χ1n) is 11.2. The Bertz CT molecular complexity index is 1430. The fraction of sp³-hybridized carbons (Fsp3) is 0.0667. The SMILES string of the molecule is O=C(NC(Cc1ccccc1)c1ccccc1)c1cc(-c2ccccc2F)nc2ccccc12. The van der Waals surface area contributed by atoms with E-state index in [1.165, 1.54) is 6.07 Å². The molecule has 34 heavy (non-hydrogen) atoms. The first-order chi connectivity index (χ1) is 16.7. The number of rotatable bonds is 6. The monoisotopic (exact) mass is 446 g/mol. The van der Waals surface area contributed by atoms with Gasteiger partial charge in [-0.3, -0.25) is 4.79 Å². The van der Waals surface area contributed by atoms with Crippen molar-refractivity contribution in [2.24, 2.45) is 0 Å². The number of pyridine rings is 1. The molecule has 166 valence electrons. The summed E-state index contributed by atoms with van der Waals surface area (Å²) in [7, 11) is 0. The lowest BCUT2D eigenvalue weighted by atomic mass is 9.97. The molecule has 1 atom stereocenters. The molecule has 0 saturated heterocycles. The molecule has 1 amide bonds. The molecule has 0 saturated carbocycles. The summed E-state index contributed by atoms with van der Waals surface area (Å²) >= 11 is 0. The van der Waals surface area contributed by atoms with Crippen molar-refractivity contribution in [1.82, 2.24) is 10.3 Å². The van der Waals surface area contributed by atoms with E-state index in [1.807, 2.05) is 72.8 Å². The number of hydrogen-bond acceptors (Lipinski definition) is 2. The largest absolute Gasteiger partial charge is 0.345 e. The zero-order chi connectivity index (χ0) is 23.3. The first kappa shape index (κ1) is 21.5. The van der Waals surface area contributed by atoms with E-state index >= 15 is 0 Å². The van der Waals surface area contributed by atoms with Crippen LogP contribution in [0, 0.1) is 5.82 Å². The van der Waals surface area contributed by atoms with Gasteiger partial charge in [0.2, 0.25) is 0 Å². The second-order valence-electron chi connectivity index (χ2n) is 8.18. The number of nitrogens with zero attached hydrogens (tertiary/aromatic N) is 1. The molecule has 1 N–H and O–H groups in total. The lowest BCUT2D eigenvalue weighted by Gasteiger charge is -2.20. The number of amides is 1. The van der Waals surface area contributed by atoms with E-state index in [0.717, 1.165) is 16.5 Å². The number of halogens is 1. The molecule has 0 fully saturated rings. The predicted molar refractivity (Wildman–Crippen MR) is 134 cm³/mol. The third-order valence-electron chi connectivity index (χ3n) is 5.90. The van der Waals surface area contributed by atoms with Crippen LogP contribution in [0.3, 0.4) is 0 Å². The van der Waals surface area contributed by atoms with E-state index in [0.29, 0.717) is 28.8 Å². The normalized spacial score (nSPS) is 11.8. The maximum Gasteiger partial charge on any atom is 0.252 e. The van der Waals surface area contributed by atoms with Crippen molar-refractivity contribution >= 4 is 16.8 Å². The van der Waals surface area contributed by atoms with Crippen LogP contribution in [0.4, 0.5) is 4.39 Å². The van der Waals surface area contributed by atoms with Crippen LogP contribution in [0.2, 0.25) is 0 Å². The summed E-state index contributed by atoms with van der Waals surface area (Å²) < 4.78 is 14.5. The Morgan fingerprint density at radius 2 is 1.44 bits per heavy atom. The highest BCUT2D eigenvalue weighted by Crippen LogP contribution is 2.27. The number of aromatic nitrogens is 1. The number of hydrogen-bond donors (Lipinski definition) is 1. The Hall–Kier alpha value is -4.31. The van der Waals surface area contributed by atoms with Crippen LogP contribution in [-0.4, -0.2) is 10.9 Å². The highest BCUT2D eigenvalue weighted by atomic mass is 19.1. The maximum absolute atomic E-state index is 14.5. The van der Waals surface area contributed by atoms with E-state index < -0.39 is 0 Å². The average molecular weight is 447 g/mol. The second-order valence-corrected chi connectivity index (χ2v) is 8.18. The maximum atomic E-state index is 14.5. The molecule has 0 aliphatic rings. The molecule has 5 aromatic rings. The standard InChI is InChI=1S/C30H23FN2O/c31-26-17-9-7-16-24(26)29-20-25(23-15-8-10-18-27(23)32-29)30(34)33-28(22-13-5-2-6-14-22)19-21-11-3-1-4-12-21/h1-18,20,28H,19H2,(H,33,34). The van der Waals surface area contributed by atoms with Crippen LogP contribution in [-0.2, 0) is 6.42 Å². The Kier molecular flexibility index (Phi) is 6.13. The Morgan fingerprint density at radius 3 is 2.21 bits per heavy atom. The minimum absolute atomic E-state index is 0.221. The first-order valence-corrected chi connectivity index (χ1v) is 11.2. The number of benzene rings is 4. The van der Waals surface area contributed by atoms with Gasteiger partial charge in [-0.2, -0.15) is 0 Å². The molecular formula is C30H23FN2O. The van der Waals surface area contributed by atoms with Gasteiger partial charge < -0.3 is 5.32 Å². The minimum Gasteiger partial charge on any atom is -0.345 e. The summed E-state index contributed by atoms with van der Waals surface area (Å²) in [5.74, 6) is -0.594. The molecule has 5 rings (SSSR count). The van der Waals surface area contributed by atoms with Crippen LogP contribution in [0.25, 0.3) is 22.2 Å². The Balaban J connectivity index is 1.55. The third kappa shape index (κ3) is 4.57. The number of nitrogens with one attached hydrogen (secondary N) is 1. The van der Waals surface area contributed by atoms with Crippen molar-refractivity contribution in [3.05, 3.63) is 138 Å². The lowest BCUT2D eigenvalue weighted by molar-refractivity contribution is 0.0938. The molecule has 1 heterocycles. The van der Waals surface area contributed by atoms with Crippen LogP contribution >= 0.6 is 0 Å². The van der Waals surface area contributed by atoms with Crippen molar-refractivity contribution in [2.75, 3.05) is 0 Å². The number of carbonyl (C=O) groups excluding carboxylic acids is 1. The van der Waals surface area contributed by atoms with Gasteiger partial charge >= 0.3 is 0 Å². The minimum atomic E-state index is -0.372. The molecular weight excluding hydrogens is 423 g/mol. The van der Waals surface area contributed by atoms with Crippen LogP contribution in [0.5, 0.6) is 0 Å². The second kappa shape index (κ2) is 9.67. The van der Waals surface area contributed by atoms with Gasteiger partial charge in [-0.1, -0.05) is 91.0 Å². The van der Waals surface area contributed by atoms with Crippen molar-refractivity contribution in [3.8, 4) is 11.3 Å². The van der Waals surface area contributed by atoms with E-state index in [1.54, 1.807) is 24.3 Å². The smallest absolute Gasteiger partial charge is 0.252 e. The number of fused-ring (bicyclic) bond motifs is 1. The molecule has 0 spiro atoms.